The van der Waals surface area contributed by atoms with Crippen molar-refractivity contribution in [1.29, 1.82) is 0 Å². The third kappa shape index (κ3) is 13.8. The van der Waals surface area contributed by atoms with Gasteiger partial charge < -0.3 is 10.6 Å². The van der Waals surface area contributed by atoms with E-state index in [4.69, 9.17) is 0 Å². The lowest BCUT2D eigenvalue weighted by Crippen LogP contribution is -2.16. The molecule has 0 heterocycles. The van der Waals surface area contributed by atoms with Crippen LogP contribution in [0.1, 0.15) is 69.8 Å². The lowest BCUT2D eigenvalue weighted by molar-refractivity contribution is 0.536. The molecule has 1 aromatic carbocycles. The Kier molecular flexibility index (Phi) is 15.3. The molecule has 3 radical (unpaired) electrons. The van der Waals surface area contributed by atoms with Gasteiger partial charge in [-0.25, -0.2) is 0 Å². The van der Waals surface area contributed by atoms with E-state index >= 15 is 0 Å². The first-order valence-corrected chi connectivity index (χ1v) is 10.7. The van der Waals surface area contributed by atoms with E-state index in [1.807, 2.05) is 0 Å². The van der Waals surface area contributed by atoms with E-state index in [0.717, 1.165) is 25.7 Å². The predicted molar refractivity (Wildman–Crippen MR) is 108 cm³/mol. The van der Waals surface area contributed by atoms with Crippen LogP contribution in [-0.4, -0.2) is 29.9 Å². The molecule has 0 saturated heterocycles. The lowest BCUT2D eigenvalue weighted by Gasteiger charge is -2.05. The van der Waals surface area contributed by atoms with Gasteiger partial charge in [0.05, 0.1) is 0 Å². The van der Waals surface area contributed by atoms with E-state index in [1.54, 1.807) is 0 Å². The molecule has 24 heavy (non-hydrogen) atoms. The van der Waals surface area contributed by atoms with E-state index in [9.17, 15) is 0 Å². The summed E-state index contributed by atoms with van der Waals surface area (Å²) in [6, 6.07) is 11.8. The summed E-state index contributed by atoms with van der Waals surface area (Å²) in [7, 11) is 3.50. The molecule has 2 nitrogen and oxygen atoms in total. The van der Waals surface area contributed by atoms with Crippen LogP contribution >= 0.6 is 0 Å². The summed E-state index contributed by atoms with van der Waals surface area (Å²) in [5, 5.41) is 7.03. The van der Waals surface area contributed by atoms with Crippen LogP contribution in [0.25, 0.3) is 0 Å². The Balaban J connectivity index is 1.70. The number of rotatable bonds is 17. The number of benzene rings is 1. The minimum atomic E-state index is 1.01. The summed E-state index contributed by atoms with van der Waals surface area (Å²) in [4.78, 5) is 0. The van der Waals surface area contributed by atoms with Crippen molar-refractivity contribution in [3.63, 3.8) is 0 Å². The number of unbranched alkanes of at least 4 members (excludes halogenated alkanes) is 8. The van der Waals surface area contributed by atoms with Gasteiger partial charge in [0, 0.05) is 16.8 Å². The highest BCUT2D eigenvalue weighted by Crippen LogP contribution is 2.09. The highest BCUT2D eigenvalue weighted by Gasteiger charge is 1.94. The summed E-state index contributed by atoms with van der Waals surface area (Å²) in [5.74, 6) is 0. The highest BCUT2D eigenvalue weighted by molar-refractivity contribution is 6.08. The van der Waals surface area contributed by atoms with Crippen molar-refractivity contribution >= 4 is 10.2 Å². The average molecular weight is 346 g/mol. The lowest BCUT2D eigenvalue weighted by atomic mass is 10.1. The molecule has 0 aliphatic rings. The maximum atomic E-state index is 3.54. The maximum absolute atomic E-state index is 3.54. The van der Waals surface area contributed by atoms with Gasteiger partial charge in [-0.1, -0.05) is 81.3 Å². The Morgan fingerprint density at radius 2 is 1.08 bits per heavy atom. The Hall–Kier alpha value is -0.643. The molecule has 3 heteroatoms. The molecule has 0 spiro atoms. The van der Waals surface area contributed by atoms with Gasteiger partial charge in [-0.05, 0) is 44.5 Å². The van der Waals surface area contributed by atoms with E-state index in [2.05, 4.69) is 51.2 Å². The van der Waals surface area contributed by atoms with E-state index in [-0.39, 0.29) is 0 Å². The van der Waals surface area contributed by atoms with Crippen molar-refractivity contribution in [2.75, 3.05) is 19.6 Å². The molecule has 0 aliphatic heterocycles. The largest absolute Gasteiger partial charge is 0.317 e. The third-order valence-corrected chi connectivity index (χ3v) is 4.76. The van der Waals surface area contributed by atoms with Crippen molar-refractivity contribution < 1.29 is 0 Å². The van der Waals surface area contributed by atoms with Gasteiger partial charge in [-0.2, -0.15) is 0 Å². The normalized spacial score (nSPS) is 11.0. The van der Waals surface area contributed by atoms with Crippen molar-refractivity contribution in [2.45, 2.75) is 76.8 Å². The van der Waals surface area contributed by atoms with Crippen LogP contribution in [0.2, 0.25) is 6.04 Å². The van der Waals surface area contributed by atoms with Gasteiger partial charge in [0.25, 0.3) is 0 Å². The van der Waals surface area contributed by atoms with Gasteiger partial charge in [-0.15, -0.1) is 0 Å². The molecule has 0 unspecified atom stereocenters. The third-order valence-electron chi connectivity index (χ3n) is 4.41. The minimum absolute atomic E-state index is 1.01. The standard InChI is InChI=1S/C21H37N2Si/c24-19-13-18-22-16-11-6-4-2-1-3-5-7-12-17-23-20-21-14-9-8-10-15-21/h8-10,14-15,22-23H,1-7,11-13,16-20H2. The van der Waals surface area contributed by atoms with Crippen molar-refractivity contribution in [2.24, 2.45) is 0 Å². The van der Waals surface area contributed by atoms with Gasteiger partial charge in [-0.3, -0.25) is 0 Å². The summed E-state index contributed by atoms with van der Waals surface area (Å²) >= 11 is 0. The van der Waals surface area contributed by atoms with Gasteiger partial charge >= 0.3 is 0 Å². The molecule has 0 amide bonds. The summed E-state index contributed by atoms with van der Waals surface area (Å²) < 4.78 is 0. The molecule has 0 atom stereocenters. The predicted octanol–water partition coefficient (Wildman–Crippen LogP) is 4.85. The van der Waals surface area contributed by atoms with Gasteiger partial charge in [0.2, 0.25) is 0 Å². The van der Waals surface area contributed by atoms with Crippen molar-refractivity contribution in [3.8, 4) is 0 Å². The molecular formula is C21H37N2Si. The first kappa shape index (κ1) is 21.4. The summed E-state index contributed by atoms with van der Waals surface area (Å²) in [6.07, 6.45) is 13.7. The van der Waals surface area contributed by atoms with Gasteiger partial charge in [0.15, 0.2) is 0 Å². The highest BCUT2D eigenvalue weighted by atomic mass is 28.1. The van der Waals surface area contributed by atoms with E-state index < -0.39 is 0 Å². The quantitative estimate of drug-likeness (QED) is 0.311. The van der Waals surface area contributed by atoms with Crippen LogP contribution in [0, 0.1) is 0 Å². The molecule has 0 aliphatic carbocycles. The monoisotopic (exact) mass is 345 g/mol. The van der Waals surface area contributed by atoms with Gasteiger partial charge in [0.1, 0.15) is 0 Å². The van der Waals surface area contributed by atoms with Crippen LogP contribution in [-0.2, 0) is 6.54 Å². The van der Waals surface area contributed by atoms with E-state index in [1.165, 1.54) is 76.3 Å². The maximum Gasteiger partial charge on any atom is 0.0222 e. The second-order valence-corrected chi connectivity index (χ2v) is 7.20. The fourth-order valence-corrected chi connectivity index (χ4v) is 3.08. The number of hydrogen-bond acceptors (Lipinski definition) is 2. The van der Waals surface area contributed by atoms with Crippen LogP contribution < -0.4 is 10.6 Å². The zero-order valence-electron chi connectivity index (χ0n) is 15.5. The fourth-order valence-electron chi connectivity index (χ4n) is 2.90. The Morgan fingerprint density at radius 1 is 0.583 bits per heavy atom. The fraction of sp³-hybridized carbons (Fsp3) is 0.714. The molecular weight excluding hydrogens is 308 g/mol. The Bertz CT molecular complexity index is 356. The SMILES string of the molecule is [Si]CCCNCCCCCCCCCCCNCc1ccccc1. The van der Waals surface area contributed by atoms with Crippen molar-refractivity contribution in [3.05, 3.63) is 35.9 Å². The Morgan fingerprint density at radius 3 is 1.67 bits per heavy atom. The number of hydrogen-bond donors (Lipinski definition) is 2. The van der Waals surface area contributed by atoms with Crippen LogP contribution in [0.15, 0.2) is 30.3 Å². The molecule has 1 aromatic rings. The zero-order valence-corrected chi connectivity index (χ0v) is 16.5. The minimum Gasteiger partial charge on any atom is -0.317 e. The van der Waals surface area contributed by atoms with Crippen LogP contribution in [0.5, 0.6) is 0 Å². The van der Waals surface area contributed by atoms with Crippen LogP contribution in [0.3, 0.4) is 0 Å². The Labute approximate surface area is 153 Å². The molecule has 1 rings (SSSR count). The van der Waals surface area contributed by atoms with Crippen LogP contribution in [0.4, 0.5) is 0 Å². The summed E-state index contributed by atoms with van der Waals surface area (Å²) in [5.41, 5.74) is 1.38. The molecule has 0 bridgehead atoms. The zero-order chi connectivity index (χ0) is 17.1. The first-order chi connectivity index (χ1) is 11.9. The number of nitrogens with one attached hydrogen (secondary N) is 2. The molecule has 0 fully saturated rings. The second kappa shape index (κ2) is 17.2. The smallest absolute Gasteiger partial charge is 0.0222 e. The molecule has 0 aromatic heterocycles. The van der Waals surface area contributed by atoms with Crippen molar-refractivity contribution in [1.82, 2.24) is 10.6 Å². The van der Waals surface area contributed by atoms with E-state index in [0.29, 0.717) is 0 Å². The molecule has 135 valence electrons. The molecule has 2 N–H and O–H groups in total. The topological polar surface area (TPSA) is 24.1 Å². The second-order valence-electron chi connectivity index (χ2n) is 6.70. The first-order valence-electron chi connectivity index (χ1n) is 10.0. The molecule has 0 saturated carbocycles. The average Bonchev–Trinajstić information content (AvgIpc) is 2.62. The summed E-state index contributed by atoms with van der Waals surface area (Å²) in [6.45, 7) is 4.51.